The molecule has 0 saturated carbocycles. The average molecular weight is 391 g/mol. The zero-order valence-corrected chi connectivity index (χ0v) is 14.3. The van der Waals surface area contributed by atoms with Gasteiger partial charge in [0.2, 0.25) is 0 Å². The molecule has 0 aliphatic rings. The number of nitrogens with one attached hydrogen (secondary N) is 1. The molecule has 19 heavy (non-hydrogen) atoms. The van der Waals surface area contributed by atoms with Gasteiger partial charge in [0.25, 0.3) is 6.47 Å². The molecule has 0 spiro atoms. The molecule has 0 unspecified atom stereocenters. The van der Waals surface area contributed by atoms with Crippen LogP contribution in [-0.2, 0) is 14.9 Å². The summed E-state index contributed by atoms with van der Waals surface area (Å²) in [5, 5.41) is 2.14. The van der Waals surface area contributed by atoms with E-state index in [-0.39, 0.29) is 5.60 Å². The molecule has 0 saturated heterocycles. The fourth-order valence-corrected chi connectivity index (χ4v) is 2.37. The van der Waals surface area contributed by atoms with Gasteiger partial charge in [0.05, 0.1) is 5.52 Å². The number of aromatic amines is 1. The largest absolute Gasteiger partial charge is 0.462 e. The Morgan fingerprint density at radius 3 is 2.53 bits per heavy atom. The van der Waals surface area contributed by atoms with Crippen LogP contribution in [0.4, 0.5) is 0 Å². The molecule has 1 aromatic heterocycles. The number of aromatic nitrogens is 1. The Hall–Kier alpha value is -0.810. The molecule has 0 atom stereocenters. The van der Waals surface area contributed by atoms with E-state index in [1.807, 2.05) is 27.0 Å². The molecule has 0 aliphatic carbocycles. The number of fused-ring (bicyclic) bond motifs is 1. The molecule has 0 aliphatic heterocycles. The second-order valence-corrected chi connectivity index (χ2v) is 6.39. The SMILES string of the molecule is BrCc1cc(Br)c2[nH]ccc2c1.CC(C)(C)OC=O. The predicted octanol–water partition coefficient (Wildman–Crippen LogP) is 4.78. The summed E-state index contributed by atoms with van der Waals surface area (Å²) < 4.78 is 5.67. The van der Waals surface area contributed by atoms with Crippen molar-refractivity contribution in [3.63, 3.8) is 0 Å². The quantitative estimate of drug-likeness (QED) is 0.592. The molecule has 5 heteroatoms. The summed E-state index contributed by atoms with van der Waals surface area (Å²) in [6.45, 7) is 5.92. The van der Waals surface area contributed by atoms with Gasteiger partial charge in [-0.1, -0.05) is 15.9 Å². The lowest BCUT2D eigenvalue weighted by Crippen LogP contribution is -2.17. The number of benzene rings is 1. The minimum atomic E-state index is -0.318. The van der Waals surface area contributed by atoms with Gasteiger partial charge in [0.15, 0.2) is 0 Å². The molecule has 3 nitrogen and oxygen atoms in total. The lowest BCUT2D eigenvalue weighted by molar-refractivity contribution is -0.138. The maximum atomic E-state index is 9.60. The van der Waals surface area contributed by atoms with Gasteiger partial charge >= 0.3 is 0 Å². The van der Waals surface area contributed by atoms with Crippen LogP contribution in [0.1, 0.15) is 26.3 Å². The highest BCUT2D eigenvalue weighted by molar-refractivity contribution is 9.10. The summed E-state index contributed by atoms with van der Waals surface area (Å²) in [7, 11) is 0. The minimum Gasteiger partial charge on any atom is -0.462 e. The Labute approximate surface area is 130 Å². The van der Waals surface area contributed by atoms with Gasteiger partial charge in [-0.2, -0.15) is 0 Å². The van der Waals surface area contributed by atoms with Crippen molar-refractivity contribution in [2.24, 2.45) is 0 Å². The molecule has 2 aromatic rings. The van der Waals surface area contributed by atoms with Crippen molar-refractivity contribution < 1.29 is 9.53 Å². The zero-order valence-electron chi connectivity index (χ0n) is 11.2. The lowest BCUT2D eigenvalue weighted by Gasteiger charge is -2.14. The van der Waals surface area contributed by atoms with E-state index in [1.54, 1.807) is 0 Å². The summed E-state index contributed by atoms with van der Waals surface area (Å²) >= 11 is 6.95. The van der Waals surface area contributed by atoms with Gasteiger partial charge in [-0.15, -0.1) is 0 Å². The molecule has 0 fully saturated rings. The minimum absolute atomic E-state index is 0.318. The van der Waals surface area contributed by atoms with Crippen LogP contribution in [-0.4, -0.2) is 17.1 Å². The van der Waals surface area contributed by atoms with Gasteiger partial charge in [0.1, 0.15) is 5.60 Å². The highest BCUT2D eigenvalue weighted by atomic mass is 79.9. The summed E-state index contributed by atoms with van der Waals surface area (Å²) in [5.41, 5.74) is 2.13. The Kier molecular flexibility index (Phi) is 6.07. The van der Waals surface area contributed by atoms with Crippen molar-refractivity contribution in [2.45, 2.75) is 31.7 Å². The Morgan fingerprint density at radius 2 is 2.05 bits per heavy atom. The Bertz CT molecular complexity index is 544. The van der Waals surface area contributed by atoms with Crippen LogP contribution in [0.15, 0.2) is 28.9 Å². The molecule has 1 heterocycles. The number of hydrogen-bond acceptors (Lipinski definition) is 2. The number of ether oxygens (including phenoxy) is 1. The molecule has 1 N–H and O–H groups in total. The topological polar surface area (TPSA) is 42.1 Å². The van der Waals surface area contributed by atoms with E-state index in [1.165, 1.54) is 16.5 Å². The fraction of sp³-hybridized carbons (Fsp3) is 0.357. The molecule has 1 aromatic carbocycles. The molecular weight excluding hydrogens is 374 g/mol. The summed E-state index contributed by atoms with van der Waals surface area (Å²) in [5.74, 6) is 0. The molecule has 0 radical (unpaired) electrons. The Morgan fingerprint density at radius 1 is 1.37 bits per heavy atom. The van der Waals surface area contributed by atoms with Crippen molar-refractivity contribution >= 4 is 49.2 Å². The summed E-state index contributed by atoms with van der Waals surface area (Å²) in [6, 6.07) is 6.37. The number of hydrogen-bond donors (Lipinski definition) is 1. The van der Waals surface area contributed by atoms with Crippen molar-refractivity contribution in [1.82, 2.24) is 4.98 Å². The number of rotatable bonds is 2. The lowest BCUT2D eigenvalue weighted by atomic mass is 10.2. The third-order valence-corrected chi connectivity index (χ3v) is 3.50. The number of H-pyrrole nitrogens is 1. The number of carbonyl (C=O) groups is 1. The summed E-state index contributed by atoms with van der Waals surface area (Å²) in [4.78, 5) is 12.8. The van der Waals surface area contributed by atoms with Crippen molar-refractivity contribution in [2.75, 3.05) is 0 Å². The maximum absolute atomic E-state index is 9.60. The zero-order chi connectivity index (χ0) is 14.5. The number of alkyl halides is 1. The summed E-state index contributed by atoms with van der Waals surface area (Å²) in [6.07, 6.45) is 1.95. The van der Waals surface area contributed by atoms with E-state index in [0.29, 0.717) is 6.47 Å². The molecule has 2 rings (SSSR count). The van der Waals surface area contributed by atoms with Gasteiger partial charge in [-0.3, -0.25) is 4.79 Å². The highest BCUT2D eigenvalue weighted by Crippen LogP contribution is 2.25. The number of carbonyl (C=O) groups excluding carboxylic acids is 1. The van der Waals surface area contributed by atoms with E-state index in [9.17, 15) is 4.79 Å². The van der Waals surface area contributed by atoms with Crippen LogP contribution in [0.25, 0.3) is 10.9 Å². The monoisotopic (exact) mass is 389 g/mol. The van der Waals surface area contributed by atoms with Crippen LogP contribution in [0.2, 0.25) is 0 Å². The van der Waals surface area contributed by atoms with Crippen LogP contribution in [0.3, 0.4) is 0 Å². The van der Waals surface area contributed by atoms with E-state index >= 15 is 0 Å². The van der Waals surface area contributed by atoms with Crippen LogP contribution >= 0.6 is 31.9 Å². The fourth-order valence-electron chi connectivity index (χ4n) is 1.41. The predicted molar refractivity (Wildman–Crippen MR) is 85.5 cm³/mol. The van der Waals surface area contributed by atoms with E-state index < -0.39 is 0 Å². The molecular formula is C14H17Br2NO2. The first-order valence-corrected chi connectivity index (χ1v) is 7.72. The van der Waals surface area contributed by atoms with E-state index in [0.717, 1.165) is 9.80 Å². The maximum Gasteiger partial charge on any atom is 0.293 e. The second-order valence-electron chi connectivity index (χ2n) is 4.98. The third kappa shape index (κ3) is 5.37. The van der Waals surface area contributed by atoms with Crippen LogP contribution in [0, 0.1) is 0 Å². The van der Waals surface area contributed by atoms with Crippen molar-refractivity contribution in [3.8, 4) is 0 Å². The van der Waals surface area contributed by atoms with Gasteiger partial charge in [-0.25, -0.2) is 0 Å². The standard InChI is InChI=1S/C9H7Br2N.C5H10O2/c10-5-6-3-7-1-2-12-9(7)8(11)4-6;1-5(2,3)7-4-6/h1-4,12H,5H2;4H,1-3H3. The van der Waals surface area contributed by atoms with Crippen LogP contribution in [0.5, 0.6) is 0 Å². The first-order valence-electron chi connectivity index (χ1n) is 5.80. The molecule has 0 bridgehead atoms. The second kappa shape index (κ2) is 7.10. The highest BCUT2D eigenvalue weighted by Gasteiger charge is 2.07. The first-order chi connectivity index (χ1) is 8.87. The van der Waals surface area contributed by atoms with Crippen LogP contribution < -0.4 is 0 Å². The third-order valence-electron chi connectivity index (χ3n) is 2.23. The average Bonchev–Trinajstić information content (AvgIpc) is 2.76. The number of halogens is 2. The normalized spacial score (nSPS) is 10.8. The first kappa shape index (κ1) is 16.2. The van der Waals surface area contributed by atoms with Gasteiger partial charge < -0.3 is 9.72 Å². The van der Waals surface area contributed by atoms with Crippen molar-refractivity contribution in [3.05, 3.63) is 34.4 Å². The smallest absolute Gasteiger partial charge is 0.293 e. The van der Waals surface area contributed by atoms with Gasteiger partial charge in [0, 0.05) is 21.4 Å². The van der Waals surface area contributed by atoms with E-state index in [4.69, 9.17) is 0 Å². The van der Waals surface area contributed by atoms with E-state index in [2.05, 4.69) is 59.8 Å². The Balaban J connectivity index is 0.000000224. The van der Waals surface area contributed by atoms with Gasteiger partial charge in [-0.05, 0) is 60.5 Å². The van der Waals surface area contributed by atoms with Crippen molar-refractivity contribution in [1.29, 1.82) is 0 Å². The molecule has 0 amide bonds. The molecule has 104 valence electrons.